The average molecular weight is 392 g/mol. The van der Waals surface area contributed by atoms with Gasteiger partial charge in [-0.15, -0.1) is 13.2 Å². The maximum Gasteiger partial charge on any atom is 0.322 e. The zero-order chi connectivity index (χ0) is 20.8. The molecule has 0 aromatic heterocycles. The first-order valence-corrected chi connectivity index (χ1v) is 9.57. The van der Waals surface area contributed by atoms with Gasteiger partial charge in [-0.2, -0.15) is 0 Å². The van der Waals surface area contributed by atoms with E-state index in [0.717, 1.165) is 19.4 Å². The number of nitrogens with two attached hydrogens (primary N) is 1. The van der Waals surface area contributed by atoms with Crippen LogP contribution in [0.4, 0.5) is 0 Å². The zero-order valence-corrected chi connectivity index (χ0v) is 17.5. The molecule has 0 aromatic rings. The maximum absolute atomic E-state index is 11.8. The average Bonchev–Trinajstić information content (AvgIpc) is 2.69. The molecule has 0 heterocycles. The summed E-state index contributed by atoms with van der Waals surface area (Å²) in [5, 5.41) is 6.26. The van der Waals surface area contributed by atoms with Gasteiger partial charge in [-0.1, -0.05) is 6.42 Å². The van der Waals surface area contributed by atoms with Crippen LogP contribution in [0, 0.1) is 0 Å². The van der Waals surface area contributed by atoms with Crippen molar-refractivity contribution in [1.82, 2.24) is 10.6 Å². The van der Waals surface area contributed by atoms with Gasteiger partial charge in [0.2, 0.25) is 0 Å². The summed E-state index contributed by atoms with van der Waals surface area (Å²) in [4.78, 5) is 11.8. The van der Waals surface area contributed by atoms with Crippen molar-refractivity contribution in [3.05, 3.63) is 13.2 Å². The second-order valence-electron chi connectivity index (χ2n) is 5.83. The van der Waals surface area contributed by atoms with Crippen LogP contribution in [0.2, 0.25) is 0 Å². The Hall–Kier alpha value is -1.03. The van der Waals surface area contributed by atoms with Crippen molar-refractivity contribution in [2.45, 2.75) is 38.3 Å². The summed E-state index contributed by atoms with van der Waals surface area (Å²) >= 11 is 0. The minimum atomic E-state index is -0.318. The number of carbonyl (C=O) groups excluding carboxylic acids is 1. The standard InChI is InChI=1S/C17H37N3O5.C2H4/c1-15(20-16(17(21)22-3)6-4-5-7-18)14-25-13-12-24-11-10-23-9-8-19-2;1-2/h15-16,19-20H,4-14,18H2,1-3H3;1-2H2. The third kappa shape index (κ3) is 19.5. The second kappa shape index (κ2) is 23.0. The highest BCUT2D eigenvalue weighted by molar-refractivity contribution is 5.75. The van der Waals surface area contributed by atoms with Crippen molar-refractivity contribution in [3.63, 3.8) is 0 Å². The van der Waals surface area contributed by atoms with Crippen LogP contribution in [0.3, 0.4) is 0 Å². The Morgan fingerprint density at radius 1 is 1.04 bits per heavy atom. The molecule has 0 aromatic carbocycles. The van der Waals surface area contributed by atoms with Crippen molar-refractivity contribution >= 4 is 5.97 Å². The number of carbonyl (C=O) groups is 1. The summed E-state index contributed by atoms with van der Waals surface area (Å²) in [5.41, 5.74) is 5.49. The van der Waals surface area contributed by atoms with Crippen LogP contribution in [0.25, 0.3) is 0 Å². The molecule has 0 aliphatic carbocycles. The largest absolute Gasteiger partial charge is 0.468 e. The van der Waals surface area contributed by atoms with Crippen molar-refractivity contribution in [2.24, 2.45) is 5.73 Å². The Kier molecular flexibility index (Phi) is 24.0. The lowest BCUT2D eigenvalue weighted by Crippen LogP contribution is -2.44. The van der Waals surface area contributed by atoms with Gasteiger partial charge in [0, 0.05) is 12.6 Å². The van der Waals surface area contributed by atoms with Gasteiger partial charge in [-0.25, -0.2) is 0 Å². The number of rotatable bonds is 18. The van der Waals surface area contributed by atoms with Gasteiger partial charge in [0.1, 0.15) is 6.04 Å². The number of hydrogen-bond acceptors (Lipinski definition) is 8. The van der Waals surface area contributed by atoms with Crippen molar-refractivity contribution < 1.29 is 23.7 Å². The molecule has 4 N–H and O–H groups in total. The Bertz CT molecular complexity index is 322. The highest BCUT2D eigenvalue weighted by atomic mass is 16.5. The number of methoxy groups -OCH3 is 1. The molecular formula is C19H41N3O5. The molecule has 162 valence electrons. The topological polar surface area (TPSA) is 104 Å². The highest BCUT2D eigenvalue weighted by Crippen LogP contribution is 2.04. The van der Waals surface area contributed by atoms with Crippen molar-refractivity contribution in [1.29, 1.82) is 0 Å². The molecular weight excluding hydrogens is 350 g/mol. The van der Waals surface area contributed by atoms with Crippen molar-refractivity contribution in [2.75, 3.05) is 66.9 Å². The van der Waals surface area contributed by atoms with Gasteiger partial charge >= 0.3 is 5.97 Å². The number of ether oxygens (including phenoxy) is 4. The normalized spacial score (nSPS) is 12.7. The number of esters is 1. The molecule has 0 aliphatic rings. The van der Waals surface area contributed by atoms with Crippen LogP contribution < -0.4 is 16.4 Å². The SMILES string of the molecule is C=C.CNCCOCCOCCOCC(C)NC(CCCCN)C(=O)OC. The van der Waals surface area contributed by atoms with E-state index in [4.69, 9.17) is 24.7 Å². The van der Waals surface area contributed by atoms with Gasteiger partial charge in [0.15, 0.2) is 0 Å². The predicted molar refractivity (Wildman–Crippen MR) is 109 cm³/mol. The van der Waals surface area contributed by atoms with Crippen molar-refractivity contribution in [3.8, 4) is 0 Å². The molecule has 0 fully saturated rings. The van der Waals surface area contributed by atoms with Crippen LogP contribution in [0.15, 0.2) is 13.2 Å². The lowest BCUT2D eigenvalue weighted by atomic mass is 10.1. The zero-order valence-electron chi connectivity index (χ0n) is 17.5. The molecule has 0 spiro atoms. The summed E-state index contributed by atoms with van der Waals surface area (Å²) in [7, 11) is 3.29. The Morgan fingerprint density at radius 3 is 2.19 bits per heavy atom. The molecule has 8 nitrogen and oxygen atoms in total. The van der Waals surface area contributed by atoms with Gasteiger partial charge in [-0.05, 0) is 33.4 Å². The van der Waals surface area contributed by atoms with E-state index < -0.39 is 0 Å². The fraction of sp³-hybridized carbons (Fsp3) is 0.842. The molecule has 0 bridgehead atoms. The third-order valence-electron chi connectivity index (χ3n) is 3.53. The van der Waals surface area contributed by atoms with E-state index in [-0.39, 0.29) is 18.1 Å². The van der Waals surface area contributed by atoms with E-state index in [1.165, 1.54) is 7.11 Å². The molecule has 8 heteroatoms. The van der Waals surface area contributed by atoms with E-state index >= 15 is 0 Å². The smallest absolute Gasteiger partial charge is 0.322 e. The minimum absolute atomic E-state index is 0.0480. The summed E-state index contributed by atoms with van der Waals surface area (Å²) in [5.74, 6) is -0.245. The first kappa shape index (κ1) is 28.2. The first-order valence-electron chi connectivity index (χ1n) is 9.57. The van der Waals surface area contributed by atoms with Crippen LogP contribution >= 0.6 is 0 Å². The molecule has 0 amide bonds. The number of unbranched alkanes of at least 4 members (excludes halogenated alkanes) is 1. The lowest BCUT2D eigenvalue weighted by molar-refractivity contribution is -0.143. The molecule has 0 saturated heterocycles. The van der Waals surface area contributed by atoms with Gasteiger partial charge < -0.3 is 30.0 Å². The predicted octanol–water partition coefficient (Wildman–Crippen LogP) is 0.707. The summed E-state index contributed by atoms with van der Waals surface area (Å²) in [6.45, 7) is 12.8. The summed E-state index contributed by atoms with van der Waals surface area (Å²) in [6, 6.07) is -0.270. The first-order chi connectivity index (χ1) is 13.2. The van der Waals surface area contributed by atoms with E-state index in [0.29, 0.717) is 52.6 Å². The molecule has 27 heavy (non-hydrogen) atoms. The van der Waals surface area contributed by atoms with E-state index in [1.54, 1.807) is 0 Å². The van der Waals surface area contributed by atoms with Crippen LogP contribution in [0.5, 0.6) is 0 Å². The number of likely N-dealkylation sites (N-methyl/N-ethyl adjacent to an activating group) is 1. The monoisotopic (exact) mass is 391 g/mol. The van der Waals surface area contributed by atoms with Crippen LogP contribution in [0.1, 0.15) is 26.2 Å². The van der Waals surface area contributed by atoms with Crippen LogP contribution in [-0.2, 0) is 23.7 Å². The maximum atomic E-state index is 11.8. The fourth-order valence-corrected chi connectivity index (χ4v) is 2.17. The van der Waals surface area contributed by atoms with E-state index in [2.05, 4.69) is 23.8 Å². The Balaban J connectivity index is 0. The molecule has 0 radical (unpaired) electrons. The van der Waals surface area contributed by atoms with Gasteiger partial charge in [0.05, 0.1) is 46.8 Å². The lowest BCUT2D eigenvalue weighted by Gasteiger charge is -2.21. The Labute approximate surface area is 165 Å². The number of nitrogens with one attached hydrogen (secondary N) is 2. The molecule has 0 rings (SSSR count). The van der Waals surface area contributed by atoms with Gasteiger partial charge in [-0.3, -0.25) is 10.1 Å². The van der Waals surface area contributed by atoms with E-state index in [9.17, 15) is 4.79 Å². The molecule has 2 atom stereocenters. The Morgan fingerprint density at radius 2 is 1.63 bits per heavy atom. The highest BCUT2D eigenvalue weighted by Gasteiger charge is 2.20. The molecule has 0 aliphatic heterocycles. The molecule has 2 unspecified atom stereocenters. The minimum Gasteiger partial charge on any atom is -0.468 e. The van der Waals surface area contributed by atoms with Crippen LogP contribution in [-0.4, -0.2) is 84.9 Å². The summed E-state index contributed by atoms with van der Waals surface area (Å²) < 4.78 is 21.2. The quantitative estimate of drug-likeness (QED) is 0.178. The molecule has 0 saturated carbocycles. The van der Waals surface area contributed by atoms with Gasteiger partial charge in [0.25, 0.3) is 0 Å². The van der Waals surface area contributed by atoms with E-state index in [1.807, 2.05) is 14.0 Å². The fourth-order valence-electron chi connectivity index (χ4n) is 2.17. The third-order valence-corrected chi connectivity index (χ3v) is 3.53. The summed E-state index contributed by atoms with van der Waals surface area (Å²) in [6.07, 6.45) is 2.50. The second-order valence-corrected chi connectivity index (χ2v) is 5.83. The number of hydrogen-bond donors (Lipinski definition) is 3.